The van der Waals surface area contributed by atoms with E-state index in [-0.39, 0.29) is 23.7 Å². The smallest absolute Gasteiger partial charge is 0.416 e. The summed E-state index contributed by atoms with van der Waals surface area (Å²) in [5.74, 6) is -0.286. The number of fused-ring (bicyclic) bond motifs is 1. The van der Waals surface area contributed by atoms with Crippen LogP contribution in [0.15, 0.2) is 41.2 Å². The first-order chi connectivity index (χ1) is 16.9. The number of rotatable bonds is 6. The number of piperidine rings is 1. The van der Waals surface area contributed by atoms with Crippen molar-refractivity contribution >= 4 is 28.2 Å². The second-order valence-electron chi connectivity index (χ2n) is 9.28. The molecule has 11 heteroatoms. The van der Waals surface area contributed by atoms with Crippen LogP contribution in [0, 0.1) is 0 Å². The lowest BCUT2D eigenvalue weighted by Gasteiger charge is -2.31. The number of nitrogens with two attached hydrogens (primary N) is 1. The van der Waals surface area contributed by atoms with Crippen molar-refractivity contribution in [2.24, 2.45) is 7.05 Å². The second-order valence-corrected chi connectivity index (χ2v) is 9.28. The van der Waals surface area contributed by atoms with Crippen LogP contribution in [0.5, 0.6) is 0 Å². The number of hydrogen-bond donors (Lipinski definition) is 3. The van der Waals surface area contributed by atoms with Gasteiger partial charge in [0.15, 0.2) is 5.82 Å². The number of aromatic nitrogens is 2. The van der Waals surface area contributed by atoms with Crippen LogP contribution in [0.4, 0.5) is 24.7 Å². The zero-order valence-corrected chi connectivity index (χ0v) is 20.0. The Balaban J connectivity index is 1.65. The number of aliphatic carboxylic acids is 1. The van der Waals surface area contributed by atoms with Crippen LogP contribution in [0.3, 0.4) is 0 Å². The fourth-order valence-electron chi connectivity index (χ4n) is 4.72. The minimum absolute atomic E-state index is 0.00304. The average Bonchev–Trinajstić information content (AvgIpc) is 2.81. The van der Waals surface area contributed by atoms with Crippen molar-refractivity contribution in [3.8, 4) is 0 Å². The summed E-state index contributed by atoms with van der Waals surface area (Å²) < 4.78 is 41.1. The Labute approximate surface area is 205 Å². The van der Waals surface area contributed by atoms with Gasteiger partial charge in [0.2, 0.25) is 0 Å². The zero-order chi connectivity index (χ0) is 26.2. The van der Waals surface area contributed by atoms with Gasteiger partial charge in [0.25, 0.3) is 5.56 Å². The van der Waals surface area contributed by atoms with Crippen molar-refractivity contribution in [3.05, 3.63) is 63.4 Å². The number of benzene rings is 2. The summed E-state index contributed by atoms with van der Waals surface area (Å²) in [5, 5.41) is 17.6. The first-order valence-electron chi connectivity index (χ1n) is 11.6. The number of carboxylic acids is 1. The highest BCUT2D eigenvalue weighted by atomic mass is 19.4. The highest BCUT2D eigenvalue weighted by Gasteiger charge is 2.31. The summed E-state index contributed by atoms with van der Waals surface area (Å²) >= 11 is 0. The van der Waals surface area contributed by atoms with Gasteiger partial charge >= 0.3 is 12.1 Å². The molecule has 1 aliphatic heterocycles. The van der Waals surface area contributed by atoms with Gasteiger partial charge in [-0.2, -0.15) is 18.3 Å². The van der Waals surface area contributed by atoms with E-state index in [0.717, 1.165) is 30.5 Å². The molecule has 2 heterocycles. The van der Waals surface area contributed by atoms with Crippen LogP contribution in [-0.2, 0) is 18.0 Å². The molecular formula is C25H28F3N5O3. The van der Waals surface area contributed by atoms with Crippen molar-refractivity contribution in [2.45, 2.75) is 37.9 Å². The summed E-state index contributed by atoms with van der Waals surface area (Å²) in [7, 11) is 1.52. The number of nitrogens with one attached hydrogen (secondary N) is 1. The number of alkyl halides is 3. The normalized spacial score (nSPS) is 16.2. The highest BCUT2D eigenvalue weighted by molar-refractivity contribution is 5.91. The van der Waals surface area contributed by atoms with Crippen LogP contribution in [0.25, 0.3) is 10.8 Å². The number of carbonyl (C=O) groups is 1. The monoisotopic (exact) mass is 503 g/mol. The molecule has 0 amide bonds. The van der Waals surface area contributed by atoms with E-state index in [0.29, 0.717) is 35.2 Å². The number of nitrogens with zero attached hydrogens (tertiary/aromatic N) is 3. The highest BCUT2D eigenvalue weighted by Crippen LogP contribution is 2.35. The summed E-state index contributed by atoms with van der Waals surface area (Å²) in [6.45, 7) is 3.03. The number of halogens is 3. The van der Waals surface area contributed by atoms with Gasteiger partial charge in [-0.25, -0.2) is 4.68 Å². The van der Waals surface area contributed by atoms with Crippen LogP contribution < -0.4 is 16.6 Å². The lowest BCUT2D eigenvalue weighted by Crippen LogP contribution is -2.36. The quantitative estimate of drug-likeness (QED) is 0.436. The molecule has 4 rings (SSSR count). The van der Waals surface area contributed by atoms with Crippen molar-refractivity contribution < 1.29 is 23.1 Å². The molecule has 0 spiro atoms. The van der Waals surface area contributed by atoms with Gasteiger partial charge in [-0.1, -0.05) is 6.07 Å². The van der Waals surface area contributed by atoms with Crippen LogP contribution in [0.1, 0.15) is 48.4 Å². The Kier molecular flexibility index (Phi) is 6.94. The number of carboxylic acid groups (broad SMARTS) is 1. The molecule has 4 N–H and O–H groups in total. The summed E-state index contributed by atoms with van der Waals surface area (Å²) in [6, 6.07) is 8.40. The predicted octanol–water partition coefficient (Wildman–Crippen LogP) is 3.97. The first-order valence-corrected chi connectivity index (χ1v) is 11.6. The van der Waals surface area contributed by atoms with Crippen LogP contribution >= 0.6 is 0 Å². The average molecular weight is 504 g/mol. The molecule has 0 bridgehead atoms. The molecule has 1 saturated heterocycles. The maximum Gasteiger partial charge on any atom is 0.416 e. The van der Waals surface area contributed by atoms with E-state index in [4.69, 9.17) is 10.8 Å². The third kappa shape index (κ3) is 5.46. The molecule has 1 atom stereocenters. The molecule has 1 aromatic heterocycles. The van der Waals surface area contributed by atoms with Gasteiger partial charge in [0, 0.05) is 18.1 Å². The minimum atomic E-state index is -4.53. The number of anilines is 2. The largest absolute Gasteiger partial charge is 0.480 e. The van der Waals surface area contributed by atoms with Gasteiger partial charge in [0.05, 0.1) is 23.5 Å². The Morgan fingerprint density at radius 2 is 1.89 bits per heavy atom. The molecule has 36 heavy (non-hydrogen) atoms. The molecule has 3 aromatic rings. The van der Waals surface area contributed by atoms with E-state index < -0.39 is 23.8 Å². The Morgan fingerprint density at radius 1 is 1.19 bits per heavy atom. The topological polar surface area (TPSA) is 113 Å². The van der Waals surface area contributed by atoms with Crippen molar-refractivity contribution in [1.82, 2.24) is 14.7 Å². The third-order valence-electron chi connectivity index (χ3n) is 6.65. The standard InChI is InChI=1S/C25H28F3N5O3/c1-14(17-9-18(25(26,27)28)12-19(29)10-17)30-23-21-11-16(3-4-20(21)24(36)32(2)31-23)15-5-7-33(8-6-15)13-22(34)35/h3-4,9-12,14-15H,5-8,13,29H2,1-2H3,(H,30,31)(H,34,35). The van der Waals surface area contributed by atoms with Crippen molar-refractivity contribution in [2.75, 3.05) is 30.7 Å². The van der Waals surface area contributed by atoms with Gasteiger partial charge < -0.3 is 16.2 Å². The summed E-state index contributed by atoms with van der Waals surface area (Å²) in [6.07, 6.45) is -2.97. The van der Waals surface area contributed by atoms with E-state index >= 15 is 0 Å². The van der Waals surface area contributed by atoms with Crippen molar-refractivity contribution in [1.29, 1.82) is 0 Å². The van der Waals surface area contributed by atoms with Crippen LogP contribution in [-0.4, -0.2) is 45.4 Å². The molecule has 1 aliphatic rings. The van der Waals surface area contributed by atoms with E-state index in [9.17, 15) is 22.8 Å². The SMILES string of the molecule is CC(Nc1nn(C)c(=O)c2ccc(C3CCN(CC(=O)O)CC3)cc12)c1cc(N)cc(C(F)(F)F)c1. The molecule has 0 saturated carbocycles. The van der Waals surface area contributed by atoms with Gasteiger partial charge in [-0.15, -0.1) is 0 Å². The Morgan fingerprint density at radius 3 is 2.53 bits per heavy atom. The Hall–Kier alpha value is -3.60. The fraction of sp³-hybridized carbons (Fsp3) is 0.400. The third-order valence-corrected chi connectivity index (χ3v) is 6.65. The molecule has 1 unspecified atom stereocenters. The zero-order valence-electron chi connectivity index (χ0n) is 20.0. The van der Waals surface area contributed by atoms with E-state index in [1.54, 1.807) is 13.0 Å². The minimum Gasteiger partial charge on any atom is -0.480 e. The molecule has 2 aromatic carbocycles. The number of hydrogen-bond acceptors (Lipinski definition) is 6. The molecule has 1 fully saturated rings. The van der Waals surface area contributed by atoms with Crippen LogP contribution in [0.2, 0.25) is 0 Å². The van der Waals surface area contributed by atoms with E-state index in [1.807, 2.05) is 17.0 Å². The molecule has 8 nitrogen and oxygen atoms in total. The maximum absolute atomic E-state index is 13.3. The molecule has 192 valence electrons. The fourth-order valence-corrected chi connectivity index (χ4v) is 4.72. The molecule has 0 aliphatic carbocycles. The Bertz CT molecular complexity index is 1350. The van der Waals surface area contributed by atoms with Crippen molar-refractivity contribution in [3.63, 3.8) is 0 Å². The lowest BCUT2D eigenvalue weighted by molar-refractivity contribution is -0.139. The molecular weight excluding hydrogens is 475 g/mol. The summed E-state index contributed by atoms with van der Waals surface area (Å²) in [5.41, 5.74) is 5.97. The first kappa shape index (κ1) is 25.5. The van der Waals surface area contributed by atoms with E-state index in [1.165, 1.54) is 17.8 Å². The number of aryl methyl sites for hydroxylation is 1. The molecule has 0 radical (unpaired) electrons. The van der Waals surface area contributed by atoms with Gasteiger partial charge in [0.1, 0.15) is 0 Å². The number of likely N-dealkylation sites (tertiary alicyclic amines) is 1. The van der Waals surface area contributed by atoms with E-state index in [2.05, 4.69) is 10.4 Å². The van der Waals surface area contributed by atoms with Gasteiger partial charge in [-0.3, -0.25) is 14.5 Å². The predicted molar refractivity (Wildman–Crippen MR) is 131 cm³/mol. The lowest BCUT2D eigenvalue weighted by atomic mass is 9.88. The second kappa shape index (κ2) is 9.81. The maximum atomic E-state index is 13.3. The summed E-state index contributed by atoms with van der Waals surface area (Å²) in [4.78, 5) is 25.6. The number of nitrogen functional groups attached to an aromatic ring is 1. The van der Waals surface area contributed by atoms with Gasteiger partial charge in [-0.05, 0) is 80.2 Å².